The summed E-state index contributed by atoms with van der Waals surface area (Å²) in [5.74, 6) is -0.0326. The third-order valence-corrected chi connectivity index (χ3v) is 5.03. The summed E-state index contributed by atoms with van der Waals surface area (Å²) in [4.78, 5) is 24.6. The van der Waals surface area contributed by atoms with Crippen LogP contribution in [-0.4, -0.2) is 23.7 Å². The van der Waals surface area contributed by atoms with Crippen LogP contribution in [0.5, 0.6) is 0 Å². The van der Waals surface area contributed by atoms with Crippen molar-refractivity contribution in [1.82, 2.24) is 10.6 Å². The van der Waals surface area contributed by atoms with Gasteiger partial charge in [-0.15, -0.1) is 11.8 Å². The van der Waals surface area contributed by atoms with Gasteiger partial charge in [0.2, 0.25) is 5.91 Å². The van der Waals surface area contributed by atoms with E-state index < -0.39 is 0 Å². The summed E-state index contributed by atoms with van der Waals surface area (Å²) >= 11 is 1.44. The van der Waals surface area contributed by atoms with E-state index in [1.807, 2.05) is 24.3 Å². The number of fused-ring (bicyclic) bond motifs is 1. The second-order valence-electron chi connectivity index (χ2n) is 5.80. The van der Waals surface area contributed by atoms with Gasteiger partial charge in [0.1, 0.15) is 0 Å². The van der Waals surface area contributed by atoms with Gasteiger partial charge in [0, 0.05) is 10.9 Å². The zero-order valence-electron chi connectivity index (χ0n) is 12.9. The molecule has 1 aliphatic carbocycles. The second kappa shape index (κ2) is 7.51. The van der Waals surface area contributed by atoms with Crippen molar-refractivity contribution in [1.29, 1.82) is 0 Å². The first-order valence-electron chi connectivity index (χ1n) is 7.93. The molecule has 0 spiro atoms. The molecule has 3 amide bonds. The van der Waals surface area contributed by atoms with E-state index in [1.54, 1.807) is 0 Å². The number of carbonyl (C=O) groups is 2. The molecule has 5 heteroatoms. The molecule has 0 heterocycles. The van der Waals surface area contributed by atoms with Gasteiger partial charge in [-0.3, -0.25) is 10.1 Å². The van der Waals surface area contributed by atoms with Crippen molar-refractivity contribution in [3.05, 3.63) is 42.5 Å². The number of nitrogens with one attached hydrogen (secondary N) is 2. The summed E-state index contributed by atoms with van der Waals surface area (Å²) in [6.07, 6.45) is 4.31. The molecule has 0 radical (unpaired) electrons. The zero-order chi connectivity index (χ0) is 16.1. The number of hydrogen-bond acceptors (Lipinski definition) is 3. The molecule has 4 nitrogen and oxygen atoms in total. The molecule has 0 saturated heterocycles. The quantitative estimate of drug-likeness (QED) is 0.841. The summed E-state index contributed by atoms with van der Waals surface area (Å²) in [5.41, 5.74) is 0. The first kappa shape index (κ1) is 15.9. The van der Waals surface area contributed by atoms with E-state index in [1.165, 1.54) is 17.1 Å². The van der Waals surface area contributed by atoms with Gasteiger partial charge < -0.3 is 5.32 Å². The number of thioether (sulfide) groups is 1. The number of benzene rings is 2. The highest BCUT2D eigenvalue weighted by Gasteiger charge is 2.18. The Balaban J connectivity index is 1.48. The Labute approximate surface area is 140 Å². The van der Waals surface area contributed by atoms with E-state index in [0.29, 0.717) is 0 Å². The molecule has 2 N–H and O–H groups in total. The third-order valence-electron chi connectivity index (χ3n) is 4.03. The van der Waals surface area contributed by atoms with E-state index in [-0.39, 0.29) is 23.7 Å². The Morgan fingerprint density at radius 1 is 1.04 bits per heavy atom. The first-order valence-corrected chi connectivity index (χ1v) is 8.91. The summed E-state index contributed by atoms with van der Waals surface area (Å²) in [6.45, 7) is 0. The smallest absolute Gasteiger partial charge is 0.321 e. The molecule has 0 aromatic heterocycles. The van der Waals surface area contributed by atoms with E-state index >= 15 is 0 Å². The number of urea groups is 1. The lowest BCUT2D eigenvalue weighted by molar-refractivity contribution is -0.117. The van der Waals surface area contributed by atoms with Crippen molar-refractivity contribution < 1.29 is 9.59 Å². The number of carbonyl (C=O) groups excluding carboxylic acids is 2. The maximum Gasteiger partial charge on any atom is 0.321 e. The van der Waals surface area contributed by atoms with Gasteiger partial charge in [-0.05, 0) is 35.7 Å². The molecular formula is C18H20N2O2S. The Bertz CT molecular complexity index is 711. The van der Waals surface area contributed by atoms with Crippen LogP contribution in [0.15, 0.2) is 47.4 Å². The van der Waals surface area contributed by atoms with E-state index in [9.17, 15) is 9.59 Å². The lowest BCUT2D eigenvalue weighted by Gasteiger charge is -2.12. The minimum absolute atomic E-state index is 0.218. The lowest BCUT2D eigenvalue weighted by Crippen LogP contribution is -2.44. The van der Waals surface area contributed by atoms with Crippen molar-refractivity contribution in [3.8, 4) is 0 Å². The van der Waals surface area contributed by atoms with Crippen molar-refractivity contribution in [2.45, 2.75) is 36.6 Å². The second-order valence-corrected chi connectivity index (χ2v) is 6.85. The fraction of sp³-hybridized carbons (Fsp3) is 0.333. The molecule has 1 saturated carbocycles. The number of amides is 3. The summed E-state index contributed by atoms with van der Waals surface area (Å²) < 4.78 is 0. The maximum atomic E-state index is 11.9. The molecule has 0 unspecified atom stereocenters. The molecule has 23 heavy (non-hydrogen) atoms. The lowest BCUT2D eigenvalue weighted by atomic mass is 10.1. The van der Waals surface area contributed by atoms with E-state index in [2.05, 4.69) is 28.8 Å². The van der Waals surface area contributed by atoms with Gasteiger partial charge in [0.25, 0.3) is 0 Å². The molecule has 1 aliphatic rings. The van der Waals surface area contributed by atoms with Crippen LogP contribution in [0.2, 0.25) is 0 Å². The fourth-order valence-electron chi connectivity index (χ4n) is 2.86. The molecular weight excluding hydrogens is 308 g/mol. The van der Waals surface area contributed by atoms with Crippen LogP contribution in [0.1, 0.15) is 25.7 Å². The Hall–Kier alpha value is -2.01. The molecule has 0 atom stereocenters. The van der Waals surface area contributed by atoms with Gasteiger partial charge in [0.15, 0.2) is 0 Å². The summed E-state index contributed by atoms with van der Waals surface area (Å²) in [5, 5.41) is 7.58. The van der Waals surface area contributed by atoms with Crippen LogP contribution in [0.4, 0.5) is 4.79 Å². The summed E-state index contributed by atoms with van der Waals surface area (Å²) in [6, 6.07) is 14.1. The SMILES string of the molecule is O=C(CSc1ccc2ccccc2c1)NC(=O)NC1CCCC1. The molecule has 2 aromatic carbocycles. The van der Waals surface area contributed by atoms with E-state index in [0.717, 1.165) is 36.0 Å². The first-order chi connectivity index (χ1) is 11.2. The van der Waals surface area contributed by atoms with Crippen LogP contribution < -0.4 is 10.6 Å². The number of hydrogen-bond donors (Lipinski definition) is 2. The average Bonchev–Trinajstić information content (AvgIpc) is 3.05. The average molecular weight is 328 g/mol. The molecule has 0 bridgehead atoms. The van der Waals surface area contributed by atoms with Crippen LogP contribution >= 0.6 is 11.8 Å². The van der Waals surface area contributed by atoms with Crippen LogP contribution in [0.25, 0.3) is 10.8 Å². The van der Waals surface area contributed by atoms with Gasteiger partial charge in [-0.2, -0.15) is 0 Å². The van der Waals surface area contributed by atoms with Crippen LogP contribution in [0, 0.1) is 0 Å². The fourth-order valence-corrected chi connectivity index (χ4v) is 3.60. The van der Waals surface area contributed by atoms with Crippen molar-refractivity contribution in [3.63, 3.8) is 0 Å². The van der Waals surface area contributed by atoms with Gasteiger partial charge in [-0.25, -0.2) is 4.79 Å². The summed E-state index contributed by atoms with van der Waals surface area (Å²) in [7, 11) is 0. The number of imide groups is 1. The minimum atomic E-state index is -0.374. The van der Waals surface area contributed by atoms with Crippen molar-refractivity contribution in [2.75, 3.05) is 5.75 Å². The molecule has 2 aromatic rings. The molecule has 120 valence electrons. The van der Waals surface area contributed by atoms with E-state index in [4.69, 9.17) is 0 Å². The topological polar surface area (TPSA) is 58.2 Å². The van der Waals surface area contributed by atoms with Crippen LogP contribution in [-0.2, 0) is 4.79 Å². The van der Waals surface area contributed by atoms with Crippen molar-refractivity contribution >= 4 is 34.5 Å². The Morgan fingerprint density at radius 3 is 2.57 bits per heavy atom. The van der Waals surface area contributed by atoms with Gasteiger partial charge in [0.05, 0.1) is 5.75 Å². The molecule has 3 rings (SSSR count). The van der Waals surface area contributed by atoms with Gasteiger partial charge >= 0.3 is 6.03 Å². The highest BCUT2D eigenvalue weighted by molar-refractivity contribution is 8.00. The minimum Gasteiger partial charge on any atom is -0.335 e. The largest absolute Gasteiger partial charge is 0.335 e. The van der Waals surface area contributed by atoms with Crippen molar-refractivity contribution in [2.24, 2.45) is 0 Å². The normalized spacial score (nSPS) is 14.8. The van der Waals surface area contributed by atoms with Gasteiger partial charge in [-0.1, -0.05) is 43.2 Å². The predicted octanol–water partition coefficient (Wildman–Crippen LogP) is 3.70. The zero-order valence-corrected chi connectivity index (χ0v) is 13.7. The molecule has 0 aliphatic heterocycles. The number of rotatable bonds is 4. The Morgan fingerprint density at radius 2 is 1.78 bits per heavy atom. The Kier molecular flexibility index (Phi) is 5.18. The monoisotopic (exact) mass is 328 g/mol. The highest BCUT2D eigenvalue weighted by Crippen LogP contribution is 2.23. The standard InChI is InChI=1S/C18H20N2O2S/c21-17(20-18(22)19-15-7-3-4-8-15)12-23-16-10-9-13-5-1-2-6-14(13)11-16/h1-2,5-6,9-11,15H,3-4,7-8,12H2,(H2,19,20,21,22). The molecule has 1 fully saturated rings. The predicted molar refractivity (Wildman–Crippen MR) is 93.6 cm³/mol. The maximum absolute atomic E-state index is 11.9. The third kappa shape index (κ3) is 4.48. The van der Waals surface area contributed by atoms with Crippen LogP contribution in [0.3, 0.4) is 0 Å². The highest BCUT2D eigenvalue weighted by atomic mass is 32.2.